The van der Waals surface area contributed by atoms with Gasteiger partial charge >= 0.3 is 5.97 Å². The second-order valence-electron chi connectivity index (χ2n) is 5.44. The predicted octanol–water partition coefficient (Wildman–Crippen LogP) is 2.73. The van der Waals surface area contributed by atoms with Gasteiger partial charge in [0.15, 0.2) is 0 Å². The van der Waals surface area contributed by atoms with Crippen molar-refractivity contribution in [1.82, 2.24) is 0 Å². The molecule has 2 N–H and O–H groups in total. The normalized spacial score (nSPS) is 16.3. The van der Waals surface area contributed by atoms with Gasteiger partial charge in [-0.1, -0.05) is 44.2 Å². The van der Waals surface area contributed by atoms with E-state index in [1.54, 1.807) is 6.92 Å². The quantitative estimate of drug-likeness (QED) is 0.816. The Morgan fingerprint density at radius 1 is 1.28 bits per heavy atom. The lowest BCUT2D eigenvalue weighted by molar-refractivity contribution is -0.144. The number of aliphatic carboxylic acids is 1. The number of carboxylic acids is 1. The molecule has 0 aliphatic carbocycles. The third-order valence-corrected chi connectivity index (χ3v) is 3.58. The average Bonchev–Trinajstić information content (AvgIpc) is 2.29. The maximum atomic E-state index is 11.3. The smallest absolute Gasteiger partial charge is 0.306 e. The Labute approximate surface area is 108 Å². The largest absolute Gasteiger partial charge is 0.481 e. The van der Waals surface area contributed by atoms with Crippen LogP contribution in [0.3, 0.4) is 0 Å². The van der Waals surface area contributed by atoms with E-state index in [4.69, 9.17) is 0 Å². The lowest BCUT2D eigenvalue weighted by atomic mass is 9.81. The molecule has 0 fully saturated rings. The Balaban J connectivity index is 2.76. The first-order chi connectivity index (χ1) is 8.33. The Morgan fingerprint density at radius 3 is 2.28 bits per heavy atom. The van der Waals surface area contributed by atoms with Gasteiger partial charge in [0.2, 0.25) is 0 Å². The highest BCUT2D eigenvalue weighted by atomic mass is 16.4. The molecule has 0 amide bonds. The minimum Gasteiger partial charge on any atom is -0.481 e. The summed E-state index contributed by atoms with van der Waals surface area (Å²) in [5.74, 6) is -1.36. The van der Waals surface area contributed by atoms with Crippen LogP contribution in [0.2, 0.25) is 0 Å². The van der Waals surface area contributed by atoms with Crippen LogP contribution in [0.4, 0.5) is 0 Å². The van der Waals surface area contributed by atoms with Crippen LogP contribution in [-0.4, -0.2) is 21.8 Å². The van der Waals surface area contributed by atoms with Gasteiger partial charge in [0.05, 0.1) is 11.5 Å². The number of rotatable bonds is 6. The molecule has 0 saturated carbocycles. The van der Waals surface area contributed by atoms with Crippen molar-refractivity contribution in [1.29, 1.82) is 0 Å². The van der Waals surface area contributed by atoms with Crippen molar-refractivity contribution in [2.45, 2.75) is 39.2 Å². The second-order valence-corrected chi connectivity index (χ2v) is 5.44. The lowest BCUT2D eigenvalue weighted by Gasteiger charge is -2.30. The number of hydrogen-bond donors (Lipinski definition) is 2. The summed E-state index contributed by atoms with van der Waals surface area (Å²) < 4.78 is 0. The first-order valence-electron chi connectivity index (χ1n) is 6.32. The number of carbonyl (C=O) groups is 1. The Bertz CT molecular complexity index is 382. The van der Waals surface area contributed by atoms with Gasteiger partial charge in [0.25, 0.3) is 0 Å². The molecule has 0 spiro atoms. The highest BCUT2D eigenvalue weighted by molar-refractivity contribution is 5.70. The van der Waals surface area contributed by atoms with Gasteiger partial charge in [-0.3, -0.25) is 4.79 Å². The highest BCUT2D eigenvalue weighted by Crippen LogP contribution is 2.27. The molecule has 0 aliphatic rings. The standard InChI is InChI=1S/C15H22O3/c1-11(2)15(3,18)10-13(14(16)17)9-12-7-5-4-6-8-12/h4-8,11,13,18H,9-10H2,1-3H3,(H,16,17). The summed E-state index contributed by atoms with van der Waals surface area (Å²) in [6, 6.07) is 9.53. The van der Waals surface area contributed by atoms with Gasteiger partial charge in [0.1, 0.15) is 0 Å². The van der Waals surface area contributed by atoms with Gasteiger partial charge in [-0.25, -0.2) is 0 Å². The lowest BCUT2D eigenvalue weighted by Crippen LogP contribution is -2.36. The van der Waals surface area contributed by atoms with E-state index >= 15 is 0 Å². The predicted molar refractivity (Wildman–Crippen MR) is 71.4 cm³/mol. The van der Waals surface area contributed by atoms with Crippen molar-refractivity contribution < 1.29 is 15.0 Å². The van der Waals surface area contributed by atoms with Crippen LogP contribution >= 0.6 is 0 Å². The Kier molecular flexibility index (Phi) is 4.91. The molecule has 2 atom stereocenters. The van der Waals surface area contributed by atoms with E-state index < -0.39 is 17.5 Å². The van der Waals surface area contributed by atoms with Crippen LogP contribution in [0.5, 0.6) is 0 Å². The monoisotopic (exact) mass is 250 g/mol. The average molecular weight is 250 g/mol. The van der Waals surface area contributed by atoms with Crippen LogP contribution < -0.4 is 0 Å². The van der Waals surface area contributed by atoms with Gasteiger partial charge in [-0.2, -0.15) is 0 Å². The maximum absolute atomic E-state index is 11.3. The minimum atomic E-state index is -0.947. The molecule has 0 saturated heterocycles. The fourth-order valence-electron chi connectivity index (χ4n) is 1.88. The van der Waals surface area contributed by atoms with Gasteiger partial charge in [-0.15, -0.1) is 0 Å². The molecule has 1 aromatic carbocycles. The zero-order chi connectivity index (χ0) is 13.8. The number of benzene rings is 1. The van der Waals surface area contributed by atoms with E-state index in [0.29, 0.717) is 6.42 Å². The van der Waals surface area contributed by atoms with Gasteiger partial charge in [0, 0.05) is 0 Å². The minimum absolute atomic E-state index is 0.0372. The molecule has 1 rings (SSSR count). The topological polar surface area (TPSA) is 57.5 Å². The van der Waals surface area contributed by atoms with E-state index in [1.165, 1.54) is 0 Å². The first kappa shape index (κ1) is 14.7. The van der Waals surface area contributed by atoms with Crippen LogP contribution in [0.1, 0.15) is 32.8 Å². The molecule has 0 aliphatic heterocycles. The summed E-state index contributed by atoms with van der Waals surface area (Å²) in [4.78, 5) is 11.3. The molecule has 100 valence electrons. The molecule has 18 heavy (non-hydrogen) atoms. The van der Waals surface area contributed by atoms with Crippen molar-refractivity contribution in [3.63, 3.8) is 0 Å². The third-order valence-electron chi connectivity index (χ3n) is 3.58. The molecule has 3 nitrogen and oxygen atoms in total. The van der Waals surface area contributed by atoms with Gasteiger partial charge in [-0.05, 0) is 31.2 Å². The molecule has 0 aromatic heterocycles. The Morgan fingerprint density at radius 2 is 1.83 bits per heavy atom. The maximum Gasteiger partial charge on any atom is 0.306 e. The van der Waals surface area contributed by atoms with E-state index in [2.05, 4.69) is 0 Å². The molecule has 1 aromatic rings. The van der Waals surface area contributed by atoms with E-state index in [0.717, 1.165) is 5.56 Å². The zero-order valence-corrected chi connectivity index (χ0v) is 11.3. The molecule has 0 bridgehead atoms. The van der Waals surface area contributed by atoms with Crippen molar-refractivity contribution in [3.05, 3.63) is 35.9 Å². The van der Waals surface area contributed by atoms with Crippen LogP contribution in [-0.2, 0) is 11.2 Å². The Hall–Kier alpha value is -1.35. The number of hydrogen-bond acceptors (Lipinski definition) is 2. The fraction of sp³-hybridized carbons (Fsp3) is 0.533. The molecule has 0 heterocycles. The molecule has 2 unspecified atom stereocenters. The van der Waals surface area contributed by atoms with E-state index in [1.807, 2.05) is 44.2 Å². The van der Waals surface area contributed by atoms with Crippen molar-refractivity contribution >= 4 is 5.97 Å². The van der Waals surface area contributed by atoms with E-state index in [-0.39, 0.29) is 12.3 Å². The molecular weight excluding hydrogens is 228 g/mol. The first-order valence-corrected chi connectivity index (χ1v) is 6.32. The summed E-state index contributed by atoms with van der Waals surface area (Å²) >= 11 is 0. The van der Waals surface area contributed by atoms with Gasteiger partial charge < -0.3 is 10.2 Å². The van der Waals surface area contributed by atoms with Crippen LogP contribution in [0, 0.1) is 11.8 Å². The summed E-state index contributed by atoms with van der Waals surface area (Å²) in [6.07, 6.45) is 0.730. The molecule has 3 heteroatoms. The van der Waals surface area contributed by atoms with Crippen LogP contribution in [0.15, 0.2) is 30.3 Å². The second kappa shape index (κ2) is 6.01. The molecule has 0 radical (unpaired) electrons. The van der Waals surface area contributed by atoms with Crippen LogP contribution in [0.25, 0.3) is 0 Å². The third kappa shape index (κ3) is 4.15. The highest BCUT2D eigenvalue weighted by Gasteiger charge is 2.32. The summed E-state index contributed by atoms with van der Waals surface area (Å²) in [5, 5.41) is 19.5. The fourth-order valence-corrected chi connectivity index (χ4v) is 1.88. The SMILES string of the molecule is CC(C)C(C)(O)CC(Cc1ccccc1)C(=O)O. The number of aliphatic hydroxyl groups is 1. The molecular formula is C15H22O3. The summed E-state index contributed by atoms with van der Waals surface area (Å²) in [6.45, 7) is 5.52. The number of carboxylic acid groups (broad SMARTS) is 1. The summed E-state index contributed by atoms with van der Waals surface area (Å²) in [5.41, 5.74) is 0.0436. The van der Waals surface area contributed by atoms with Crippen molar-refractivity contribution in [3.8, 4) is 0 Å². The van der Waals surface area contributed by atoms with Crippen molar-refractivity contribution in [2.24, 2.45) is 11.8 Å². The zero-order valence-electron chi connectivity index (χ0n) is 11.3. The summed E-state index contributed by atoms with van der Waals surface area (Å²) in [7, 11) is 0. The van der Waals surface area contributed by atoms with Crippen molar-refractivity contribution in [2.75, 3.05) is 0 Å². The van der Waals surface area contributed by atoms with E-state index in [9.17, 15) is 15.0 Å².